The zero-order valence-corrected chi connectivity index (χ0v) is 9.11. The maximum absolute atomic E-state index is 10.5. The molecule has 0 N–H and O–H groups in total. The second-order valence-corrected chi connectivity index (χ2v) is 6.27. The molecule has 78 valence electrons. The third kappa shape index (κ3) is 7.28. The van der Waals surface area contributed by atoms with Gasteiger partial charge in [-0.25, -0.2) is 8.42 Å². The van der Waals surface area contributed by atoms with Crippen LogP contribution < -0.4 is 0 Å². The maximum atomic E-state index is 10.5. The summed E-state index contributed by atoms with van der Waals surface area (Å²) in [7, 11) is 1.76. The predicted molar refractivity (Wildman–Crippen MR) is 52.5 cm³/mol. The summed E-state index contributed by atoms with van der Waals surface area (Å²) in [5.74, 6) is 0.0813. The molecule has 1 aliphatic carbocycles. The molecule has 0 radical (unpaired) electrons. The summed E-state index contributed by atoms with van der Waals surface area (Å²) >= 11 is 0. The highest BCUT2D eigenvalue weighted by molar-refractivity contribution is 8.13. The minimum atomic E-state index is -3.28. The Bertz CT molecular complexity index is 234. The second kappa shape index (κ2) is 5.17. The summed E-state index contributed by atoms with van der Waals surface area (Å²) in [6, 6.07) is 0. The van der Waals surface area contributed by atoms with E-state index >= 15 is 0 Å². The third-order valence-corrected chi connectivity index (χ3v) is 3.15. The second-order valence-electron chi connectivity index (χ2n) is 3.37. The van der Waals surface area contributed by atoms with Crippen molar-refractivity contribution in [3.05, 3.63) is 0 Å². The minimum Gasteiger partial charge on any atom is -0.378 e. The van der Waals surface area contributed by atoms with Crippen LogP contribution in [-0.4, -0.2) is 26.9 Å². The van der Waals surface area contributed by atoms with E-state index in [1.54, 1.807) is 0 Å². The Balaban J connectivity index is 1.83. The summed E-state index contributed by atoms with van der Waals surface area (Å²) < 4.78 is 26.4. The van der Waals surface area contributed by atoms with Crippen LogP contribution in [0.15, 0.2) is 0 Å². The molecule has 0 heterocycles. The minimum absolute atomic E-state index is 0.0813. The van der Waals surface area contributed by atoms with E-state index in [0.29, 0.717) is 12.5 Å². The van der Waals surface area contributed by atoms with Crippen LogP contribution in [0.2, 0.25) is 0 Å². The summed E-state index contributed by atoms with van der Waals surface area (Å²) in [5.41, 5.74) is 0. The quantitative estimate of drug-likeness (QED) is 0.492. The van der Waals surface area contributed by atoms with Crippen molar-refractivity contribution in [2.24, 2.45) is 0 Å². The lowest BCUT2D eigenvalue weighted by atomic mass is 10.3. The molecule has 0 aromatic heterocycles. The van der Waals surface area contributed by atoms with Gasteiger partial charge in [0.25, 0.3) is 0 Å². The molecule has 0 atom stereocenters. The van der Waals surface area contributed by atoms with Crippen LogP contribution in [-0.2, 0) is 13.8 Å². The van der Waals surface area contributed by atoms with E-state index in [1.807, 2.05) is 0 Å². The number of hydrogen-bond donors (Lipinski definition) is 0. The van der Waals surface area contributed by atoms with Crippen molar-refractivity contribution in [2.75, 3.05) is 12.4 Å². The molecule has 5 heteroatoms. The van der Waals surface area contributed by atoms with Crippen molar-refractivity contribution in [1.82, 2.24) is 0 Å². The Morgan fingerprint density at radius 3 is 2.46 bits per heavy atom. The SMILES string of the molecule is O=S(=O)(Cl)CCCCCOC1CC1. The molecule has 0 amide bonds. The van der Waals surface area contributed by atoms with Gasteiger partial charge in [0, 0.05) is 17.3 Å². The number of ether oxygens (including phenoxy) is 1. The zero-order valence-electron chi connectivity index (χ0n) is 7.54. The van der Waals surface area contributed by atoms with Gasteiger partial charge in [0.15, 0.2) is 0 Å². The number of halogens is 1. The lowest BCUT2D eigenvalue weighted by Crippen LogP contribution is -1.99. The summed E-state index contributed by atoms with van der Waals surface area (Å²) in [4.78, 5) is 0. The average Bonchev–Trinajstić information content (AvgIpc) is 2.77. The van der Waals surface area contributed by atoms with E-state index in [2.05, 4.69) is 0 Å². The van der Waals surface area contributed by atoms with Gasteiger partial charge < -0.3 is 4.74 Å². The zero-order chi connectivity index (χ0) is 9.73. The lowest BCUT2D eigenvalue weighted by Gasteiger charge is -2.00. The van der Waals surface area contributed by atoms with E-state index in [4.69, 9.17) is 15.4 Å². The summed E-state index contributed by atoms with van der Waals surface area (Å²) in [5, 5.41) is 0. The number of unbranched alkanes of at least 4 members (excludes halogenated alkanes) is 2. The summed E-state index contributed by atoms with van der Waals surface area (Å²) in [6.45, 7) is 0.757. The molecule has 0 bridgehead atoms. The van der Waals surface area contributed by atoms with Gasteiger partial charge in [-0.1, -0.05) is 6.42 Å². The molecular formula is C8H15ClO3S. The van der Waals surface area contributed by atoms with Gasteiger partial charge in [0.2, 0.25) is 9.05 Å². The van der Waals surface area contributed by atoms with Crippen LogP contribution >= 0.6 is 10.7 Å². The molecule has 0 unspecified atom stereocenters. The van der Waals surface area contributed by atoms with Gasteiger partial charge in [-0.3, -0.25) is 0 Å². The fraction of sp³-hybridized carbons (Fsp3) is 1.00. The Morgan fingerprint density at radius 2 is 1.92 bits per heavy atom. The van der Waals surface area contributed by atoms with E-state index in [9.17, 15) is 8.42 Å². The maximum Gasteiger partial charge on any atom is 0.232 e. The van der Waals surface area contributed by atoms with Crippen LogP contribution in [0, 0.1) is 0 Å². The number of rotatable bonds is 7. The van der Waals surface area contributed by atoms with Crippen LogP contribution in [0.3, 0.4) is 0 Å². The Kier molecular flexibility index (Phi) is 4.49. The van der Waals surface area contributed by atoms with Gasteiger partial charge in [-0.15, -0.1) is 0 Å². The molecule has 1 rings (SSSR count). The molecule has 3 nitrogen and oxygen atoms in total. The predicted octanol–water partition coefficient (Wildman–Crippen LogP) is 1.90. The van der Waals surface area contributed by atoms with Crippen molar-refractivity contribution in [1.29, 1.82) is 0 Å². The van der Waals surface area contributed by atoms with Crippen LogP contribution in [0.4, 0.5) is 0 Å². The van der Waals surface area contributed by atoms with E-state index < -0.39 is 9.05 Å². The molecular weight excluding hydrogens is 212 g/mol. The highest BCUT2D eigenvalue weighted by Gasteiger charge is 2.21. The van der Waals surface area contributed by atoms with Crippen molar-refractivity contribution in [2.45, 2.75) is 38.2 Å². The van der Waals surface area contributed by atoms with Crippen molar-refractivity contribution in [3.63, 3.8) is 0 Å². The summed E-state index contributed by atoms with van der Waals surface area (Å²) in [6.07, 6.45) is 5.32. The molecule has 0 saturated heterocycles. The number of hydrogen-bond acceptors (Lipinski definition) is 3. The largest absolute Gasteiger partial charge is 0.378 e. The Hall–Kier alpha value is 0.200. The average molecular weight is 227 g/mol. The fourth-order valence-electron chi connectivity index (χ4n) is 1.04. The lowest BCUT2D eigenvalue weighted by molar-refractivity contribution is 0.116. The highest BCUT2D eigenvalue weighted by Crippen LogP contribution is 2.23. The van der Waals surface area contributed by atoms with Crippen molar-refractivity contribution >= 4 is 19.7 Å². The Labute approximate surface area is 83.8 Å². The molecule has 0 spiro atoms. The van der Waals surface area contributed by atoms with Gasteiger partial charge >= 0.3 is 0 Å². The van der Waals surface area contributed by atoms with E-state index in [0.717, 1.165) is 19.4 Å². The first kappa shape index (κ1) is 11.3. The first-order valence-corrected chi connectivity index (χ1v) is 7.10. The van der Waals surface area contributed by atoms with Crippen molar-refractivity contribution < 1.29 is 13.2 Å². The van der Waals surface area contributed by atoms with Crippen LogP contribution in [0.1, 0.15) is 32.1 Å². The fourth-order valence-corrected chi connectivity index (χ4v) is 1.91. The standard InChI is InChI=1S/C8H15ClO3S/c9-13(10,11)7-3-1-2-6-12-8-4-5-8/h8H,1-7H2. The van der Waals surface area contributed by atoms with Gasteiger partial charge in [0.05, 0.1) is 11.9 Å². The molecule has 0 aromatic carbocycles. The van der Waals surface area contributed by atoms with Crippen molar-refractivity contribution in [3.8, 4) is 0 Å². The van der Waals surface area contributed by atoms with Crippen LogP contribution in [0.5, 0.6) is 0 Å². The first-order chi connectivity index (χ1) is 6.08. The smallest absolute Gasteiger partial charge is 0.232 e. The molecule has 0 aliphatic heterocycles. The van der Waals surface area contributed by atoms with Gasteiger partial charge in [0.1, 0.15) is 0 Å². The molecule has 13 heavy (non-hydrogen) atoms. The van der Waals surface area contributed by atoms with Crippen LogP contribution in [0.25, 0.3) is 0 Å². The normalized spacial score (nSPS) is 17.6. The topological polar surface area (TPSA) is 43.4 Å². The van der Waals surface area contributed by atoms with E-state index in [1.165, 1.54) is 12.8 Å². The molecule has 1 aliphatic rings. The molecule has 1 saturated carbocycles. The monoisotopic (exact) mass is 226 g/mol. The molecule has 0 aromatic rings. The highest BCUT2D eigenvalue weighted by atomic mass is 35.7. The molecule has 1 fully saturated rings. The third-order valence-electron chi connectivity index (χ3n) is 1.91. The van der Waals surface area contributed by atoms with Gasteiger partial charge in [-0.05, 0) is 25.7 Å². The Morgan fingerprint density at radius 1 is 1.23 bits per heavy atom. The van der Waals surface area contributed by atoms with Gasteiger partial charge in [-0.2, -0.15) is 0 Å². The first-order valence-electron chi connectivity index (χ1n) is 4.62. The van der Waals surface area contributed by atoms with E-state index in [-0.39, 0.29) is 5.75 Å².